The molecule has 1 aromatic rings. The zero-order chi connectivity index (χ0) is 13.2. The molecule has 3 unspecified atom stereocenters. The molecule has 0 amide bonds. The van der Waals surface area contributed by atoms with Crippen molar-refractivity contribution in [1.82, 2.24) is 10.2 Å². The average molecular weight is 278 g/mol. The molecule has 2 fully saturated rings. The lowest BCUT2D eigenvalue weighted by Crippen LogP contribution is -2.46. The highest BCUT2D eigenvalue weighted by atomic mass is 32.1. The van der Waals surface area contributed by atoms with Gasteiger partial charge in [0.15, 0.2) is 0 Å². The molecular formula is C16H26N2S. The maximum atomic E-state index is 3.99. The van der Waals surface area contributed by atoms with Gasteiger partial charge in [-0.2, -0.15) is 0 Å². The van der Waals surface area contributed by atoms with Gasteiger partial charge in [0.05, 0.1) is 0 Å². The summed E-state index contributed by atoms with van der Waals surface area (Å²) in [7, 11) is 0. The Bertz CT molecular complexity index is 387. The van der Waals surface area contributed by atoms with Crippen LogP contribution in [0.1, 0.15) is 50.4 Å². The van der Waals surface area contributed by atoms with Gasteiger partial charge < -0.3 is 5.32 Å². The maximum Gasteiger partial charge on any atom is 0.0440 e. The van der Waals surface area contributed by atoms with Crippen LogP contribution in [0.2, 0.25) is 0 Å². The van der Waals surface area contributed by atoms with Gasteiger partial charge in [-0.05, 0) is 43.2 Å². The van der Waals surface area contributed by atoms with E-state index in [1.54, 1.807) is 0 Å². The SMILES string of the molecule is CC(C)C(NC1CCN2CCCCC12)c1cccs1. The van der Waals surface area contributed by atoms with Crippen molar-refractivity contribution in [2.24, 2.45) is 5.92 Å². The zero-order valence-electron chi connectivity index (χ0n) is 12.1. The molecule has 0 radical (unpaired) electrons. The van der Waals surface area contributed by atoms with Crippen molar-refractivity contribution < 1.29 is 0 Å². The summed E-state index contributed by atoms with van der Waals surface area (Å²) in [6, 6.07) is 6.51. The smallest absolute Gasteiger partial charge is 0.0440 e. The Morgan fingerprint density at radius 1 is 1.26 bits per heavy atom. The molecule has 1 aromatic heterocycles. The lowest BCUT2D eigenvalue weighted by atomic mass is 9.95. The van der Waals surface area contributed by atoms with Gasteiger partial charge in [-0.15, -0.1) is 11.3 Å². The minimum atomic E-state index is 0.534. The Kier molecular flexibility index (Phi) is 4.25. The van der Waals surface area contributed by atoms with Crippen LogP contribution in [0.5, 0.6) is 0 Å². The monoisotopic (exact) mass is 278 g/mol. The van der Waals surface area contributed by atoms with Crippen molar-refractivity contribution in [3.8, 4) is 0 Å². The highest BCUT2D eigenvalue weighted by molar-refractivity contribution is 7.10. The topological polar surface area (TPSA) is 15.3 Å². The van der Waals surface area contributed by atoms with Crippen LogP contribution >= 0.6 is 11.3 Å². The summed E-state index contributed by atoms with van der Waals surface area (Å²) in [6.45, 7) is 7.31. The molecule has 0 bridgehead atoms. The third-order valence-electron chi connectivity index (χ3n) is 4.77. The lowest BCUT2D eigenvalue weighted by Gasteiger charge is -2.35. The van der Waals surface area contributed by atoms with Crippen LogP contribution in [0.4, 0.5) is 0 Å². The number of fused-ring (bicyclic) bond motifs is 1. The highest BCUT2D eigenvalue weighted by Gasteiger charge is 2.36. The van der Waals surface area contributed by atoms with Crippen molar-refractivity contribution in [2.75, 3.05) is 13.1 Å². The molecule has 1 N–H and O–H groups in total. The Morgan fingerprint density at radius 2 is 2.16 bits per heavy atom. The van der Waals surface area contributed by atoms with Gasteiger partial charge >= 0.3 is 0 Å². The summed E-state index contributed by atoms with van der Waals surface area (Å²) in [5, 5.41) is 6.19. The molecule has 2 aliphatic rings. The van der Waals surface area contributed by atoms with Crippen LogP contribution < -0.4 is 5.32 Å². The van der Waals surface area contributed by atoms with E-state index in [4.69, 9.17) is 0 Å². The Hall–Kier alpha value is -0.380. The molecule has 2 saturated heterocycles. The quantitative estimate of drug-likeness (QED) is 0.904. The lowest BCUT2D eigenvalue weighted by molar-refractivity contribution is 0.173. The van der Waals surface area contributed by atoms with E-state index in [0.29, 0.717) is 18.0 Å². The number of rotatable bonds is 4. The first-order valence-electron chi connectivity index (χ1n) is 7.79. The zero-order valence-corrected chi connectivity index (χ0v) is 13.0. The van der Waals surface area contributed by atoms with Gasteiger partial charge in [-0.3, -0.25) is 4.90 Å². The summed E-state index contributed by atoms with van der Waals surface area (Å²) < 4.78 is 0. The van der Waals surface area contributed by atoms with Crippen LogP contribution in [0.25, 0.3) is 0 Å². The second kappa shape index (κ2) is 5.94. The van der Waals surface area contributed by atoms with Crippen LogP contribution in [0, 0.1) is 5.92 Å². The molecule has 3 heterocycles. The van der Waals surface area contributed by atoms with Crippen molar-refractivity contribution in [2.45, 2.75) is 57.7 Å². The van der Waals surface area contributed by atoms with E-state index in [-0.39, 0.29) is 0 Å². The number of hydrogen-bond donors (Lipinski definition) is 1. The Balaban J connectivity index is 1.69. The van der Waals surface area contributed by atoms with Crippen LogP contribution in [0.15, 0.2) is 17.5 Å². The van der Waals surface area contributed by atoms with Gasteiger partial charge in [0, 0.05) is 29.5 Å². The fourth-order valence-electron chi connectivity index (χ4n) is 3.74. The van der Waals surface area contributed by atoms with Gasteiger partial charge in [0.1, 0.15) is 0 Å². The van der Waals surface area contributed by atoms with E-state index in [2.05, 4.69) is 41.6 Å². The molecular weight excluding hydrogens is 252 g/mol. The maximum absolute atomic E-state index is 3.99. The van der Waals surface area contributed by atoms with E-state index in [1.807, 2.05) is 11.3 Å². The van der Waals surface area contributed by atoms with E-state index in [0.717, 1.165) is 6.04 Å². The van der Waals surface area contributed by atoms with E-state index in [9.17, 15) is 0 Å². The van der Waals surface area contributed by atoms with Crippen molar-refractivity contribution in [3.63, 3.8) is 0 Å². The van der Waals surface area contributed by atoms with Gasteiger partial charge in [-0.1, -0.05) is 26.3 Å². The molecule has 3 atom stereocenters. The molecule has 0 spiro atoms. The standard InChI is InChI=1S/C16H26N2S/c1-12(2)16(15-7-5-11-19-15)17-13-8-10-18-9-4-3-6-14(13)18/h5,7,11-14,16-17H,3-4,6,8-10H2,1-2H3. The minimum Gasteiger partial charge on any atom is -0.305 e. The van der Waals surface area contributed by atoms with Crippen molar-refractivity contribution in [3.05, 3.63) is 22.4 Å². The first-order chi connectivity index (χ1) is 9.25. The predicted octanol–water partition coefficient (Wildman–Crippen LogP) is 3.66. The van der Waals surface area contributed by atoms with E-state index in [1.165, 1.54) is 43.6 Å². The first-order valence-corrected chi connectivity index (χ1v) is 8.67. The van der Waals surface area contributed by atoms with Crippen molar-refractivity contribution in [1.29, 1.82) is 0 Å². The fraction of sp³-hybridized carbons (Fsp3) is 0.750. The van der Waals surface area contributed by atoms with Gasteiger partial charge in [-0.25, -0.2) is 0 Å². The van der Waals surface area contributed by atoms with Gasteiger partial charge in [0.25, 0.3) is 0 Å². The normalized spacial score (nSPS) is 29.6. The molecule has 0 aliphatic carbocycles. The third kappa shape index (κ3) is 2.88. The van der Waals surface area contributed by atoms with Crippen LogP contribution in [-0.4, -0.2) is 30.1 Å². The average Bonchev–Trinajstić information content (AvgIpc) is 3.05. The molecule has 2 nitrogen and oxygen atoms in total. The number of hydrogen-bond acceptors (Lipinski definition) is 3. The van der Waals surface area contributed by atoms with E-state index < -0.39 is 0 Å². The third-order valence-corrected chi connectivity index (χ3v) is 5.72. The Labute approximate surface area is 121 Å². The number of piperidine rings is 1. The first kappa shape index (κ1) is 13.6. The van der Waals surface area contributed by atoms with Crippen LogP contribution in [0.3, 0.4) is 0 Å². The molecule has 0 aromatic carbocycles. The molecule has 19 heavy (non-hydrogen) atoms. The molecule has 106 valence electrons. The second-order valence-electron chi connectivity index (χ2n) is 6.40. The largest absolute Gasteiger partial charge is 0.305 e. The molecule has 2 aliphatic heterocycles. The molecule has 0 saturated carbocycles. The minimum absolute atomic E-state index is 0.534. The summed E-state index contributed by atoms with van der Waals surface area (Å²) in [5.74, 6) is 0.663. The van der Waals surface area contributed by atoms with Gasteiger partial charge in [0.2, 0.25) is 0 Å². The van der Waals surface area contributed by atoms with Crippen LogP contribution in [-0.2, 0) is 0 Å². The van der Waals surface area contributed by atoms with Crippen molar-refractivity contribution >= 4 is 11.3 Å². The van der Waals surface area contributed by atoms with E-state index >= 15 is 0 Å². The second-order valence-corrected chi connectivity index (χ2v) is 7.38. The summed E-state index contributed by atoms with van der Waals surface area (Å²) >= 11 is 1.90. The summed E-state index contributed by atoms with van der Waals surface area (Å²) in [4.78, 5) is 4.22. The number of thiophene rings is 1. The molecule has 3 rings (SSSR count). The number of nitrogens with one attached hydrogen (secondary N) is 1. The fourth-order valence-corrected chi connectivity index (χ4v) is 4.70. The summed E-state index contributed by atoms with van der Waals surface area (Å²) in [5.41, 5.74) is 0. The predicted molar refractivity (Wildman–Crippen MR) is 82.7 cm³/mol. The Morgan fingerprint density at radius 3 is 2.89 bits per heavy atom. The highest BCUT2D eigenvalue weighted by Crippen LogP contribution is 2.32. The molecule has 3 heteroatoms. The number of nitrogens with zero attached hydrogens (tertiary/aromatic N) is 1. The summed E-state index contributed by atoms with van der Waals surface area (Å²) in [6.07, 6.45) is 5.55.